The second-order valence-corrected chi connectivity index (χ2v) is 11.4. The molecule has 194 valence electrons. The Morgan fingerprint density at radius 2 is 1.97 bits per heavy atom. The first-order valence-corrected chi connectivity index (χ1v) is 13.7. The van der Waals surface area contributed by atoms with Crippen LogP contribution in [-0.2, 0) is 9.53 Å². The second-order valence-electron chi connectivity index (χ2n) is 11.4. The van der Waals surface area contributed by atoms with Crippen molar-refractivity contribution >= 4 is 11.5 Å². The van der Waals surface area contributed by atoms with Gasteiger partial charge in [0, 0.05) is 37.0 Å². The number of carbonyl (C=O) groups excluding carboxylic acids is 1. The number of nitrogens with zero attached hydrogens (tertiary/aromatic N) is 2. The fourth-order valence-electron chi connectivity index (χ4n) is 6.12. The van der Waals surface area contributed by atoms with Crippen molar-refractivity contribution in [2.24, 2.45) is 16.8 Å². The molecule has 4 atom stereocenters. The minimum Gasteiger partial charge on any atom is -0.507 e. The summed E-state index contributed by atoms with van der Waals surface area (Å²) in [5.41, 5.74) is 2.01. The van der Waals surface area contributed by atoms with Crippen molar-refractivity contribution in [2.45, 2.75) is 84.2 Å². The maximum Gasteiger partial charge on any atom is 0.191 e. The molecule has 0 spiro atoms. The van der Waals surface area contributed by atoms with Crippen molar-refractivity contribution in [3.05, 3.63) is 23.3 Å². The number of fused-ring (bicyclic) bond motifs is 3. The molecule has 3 heterocycles. The summed E-state index contributed by atoms with van der Waals surface area (Å²) in [6, 6.07) is 4.03. The Morgan fingerprint density at radius 1 is 1.23 bits per heavy atom. The van der Waals surface area contributed by atoms with Crippen LogP contribution in [0.4, 0.5) is 0 Å². The van der Waals surface area contributed by atoms with E-state index in [1.807, 2.05) is 6.07 Å². The number of hydrogen-bond donors (Lipinski definition) is 1. The van der Waals surface area contributed by atoms with E-state index in [9.17, 15) is 9.90 Å². The number of benzene rings is 1. The van der Waals surface area contributed by atoms with Crippen LogP contribution in [-0.4, -0.2) is 66.5 Å². The van der Waals surface area contributed by atoms with Gasteiger partial charge in [0.05, 0.1) is 25.5 Å². The average molecular weight is 485 g/mol. The Labute approximate surface area is 211 Å². The van der Waals surface area contributed by atoms with Crippen LogP contribution in [0, 0.1) is 11.8 Å². The van der Waals surface area contributed by atoms with Crippen LogP contribution in [0.25, 0.3) is 0 Å². The highest BCUT2D eigenvalue weighted by Crippen LogP contribution is 2.53. The monoisotopic (exact) mass is 484 g/mol. The fraction of sp³-hybridized carbons (Fsp3) is 0.724. The van der Waals surface area contributed by atoms with Gasteiger partial charge >= 0.3 is 0 Å². The largest absolute Gasteiger partial charge is 0.507 e. The van der Waals surface area contributed by atoms with Gasteiger partial charge in [0.2, 0.25) is 0 Å². The average Bonchev–Trinajstić information content (AvgIpc) is 2.83. The summed E-state index contributed by atoms with van der Waals surface area (Å²) >= 11 is 0. The van der Waals surface area contributed by atoms with Crippen LogP contribution in [0.5, 0.6) is 11.5 Å². The van der Waals surface area contributed by atoms with Gasteiger partial charge in [0.1, 0.15) is 17.1 Å². The van der Waals surface area contributed by atoms with E-state index in [1.165, 1.54) is 25.7 Å². The van der Waals surface area contributed by atoms with Crippen molar-refractivity contribution in [1.29, 1.82) is 0 Å². The topological polar surface area (TPSA) is 71.4 Å². The Kier molecular flexibility index (Phi) is 8.22. The molecule has 3 aliphatic heterocycles. The number of ether oxygens (including phenoxy) is 2. The van der Waals surface area contributed by atoms with E-state index in [1.54, 1.807) is 0 Å². The Balaban J connectivity index is 1.64. The highest BCUT2D eigenvalue weighted by atomic mass is 16.5. The molecule has 1 aromatic carbocycles. The third-order valence-electron chi connectivity index (χ3n) is 8.54. The summed E-state index contributed by atoms with van der Waals surface area (Å²) in [5, 5.41) is 11.3. The van der Waals surface area contributed by atoms with E-state index >= 15 is 0 Å². The van der Waals surface area contributed by atoms with Gasteiger partial charge in [-0.05, 0) is 49.8 Å². The molecule has 1 saturated heterocycles. The number of morpholine rings is 1. The lowest BCUT2D eigenvalue weighted by atomic mass is 9.67. The number of Topliss-reactive ketones (excluding diaryl/α,β-unsaturated/α-hetero) is 1. The number of aromatic hydroxyl groups is 1. The van der Waals surface area contributed by atoms with Gasteiger partial charge < -0.3 is 14.6 Å². The predicted octanol–water partition coefficient (Wildman–Crippen LogP) is 5.33. The van der Waals surface area contributed by atoms with E-state index in [4.69, 9.17) is 14.5 Å². The molecular formula is C29H44N2O4. The predicted molar refractivity (Wildman–Crippen MR) is 140 cm³/mol. The molecule has 3 aliphatic rings. The van der Waals surface area contributed by atoms with E-state index in [0.717, 1.165) is 30.6 Å². The lowest BCUT2D eigenvalue weighted by Crippen LogP contribution is -2.51. The highest BCUT2D eigenvalue weighted by molar-refractivity contribution is 6.43. The SMILES string of the molecule is CCCCCC(C)C(C)c1cc(O)c2c(c1)OC(C)(C)C1CCN=C(C(=O)CN3CCOCC3)C21. The van der Waals surface area contributed by atoms with Crippen molar-refractivity contribution in [2.75, 3.05) is 39.4 Å². The zero-order chi connectivity index (χ0) is 25.2. The zero-order valence-electron chi connectivity index (χ0n) is 22.3. The molecule has 0 bridgehead atoms. The Bertz CT molecular complexity index is 935. The number of phenolic OH excluding ortho intramolecular Hbond substituents is 1. The van der Waals surface area contributed by atoms with Crippen molar-refractivity contribution < 1.29 is 19.4 Å². The normalized spacial score (nSPS) is 25.6. The molecule has 0 saturated carbocycles. The first-order valence-electron chi connectivity index (χ1n) is 13.7. The summed E-state index contributed by atoms with van der Waals surface area (Å²) in [6.07, 6.45) is 5.74. The number of aliphatic imine (C=N–C) groups is 1. The van der Waals surface area contributed by atoms with Crippen molar-refractivity contribution in [3.8, 4) is 11.5 Å². The number of hydrogen-bond acceptors (Lipinski definition) is 6. The fourth-order valence-corrected chi connectivity index (χ4v) is 6.12. The first kappa shape index (κ1) is 26.2. The zero-order valence-corrected chi connectivity index (χ0v) is 22.3. The molecule has 6 nitrogen and oxygen atoms in total. The molecule has 0 radical (unpaired) electrons. The third-order valence-corrected chi connectivity index (χ3v) is 8.54. The highest BCUT2D eigenvalue weighted by Gasteiger charge is 2.49. The van der Waals surface area contributed by atoms with Crippen molar-refractivity contribution in [3.63, 3.8) is 0 Å². The summed E-state index contributed by atoms with van der Waals surface area (Å²) in [4.78, 5) is 20.4. The smallest absolute Gasteiger partial charge is 0.191 e. The lowest BCUT2D eigenvalue weighted by molar-refractivity contribution is -0.115. The molecule has 0 aromatic heterocycles. The van der Waals surface area contributed by atoms with Gasteiger partial charge in [0.25, 0.3) is 0 Å². The Morgan fingerprint density at radius 3 is 2.69 bits per heavy atom. The molecule has 4 unspecified atom stereocenters. The van der Waals surface area contributed by atoms with Crippen LogP contribution in [0.2, 0.25) is 0 Å². The van der Waals surface area contributed by atoms with Crippen LogP contribution in [0.3, 0.4) is 0 Å². The molecule has 0 aliphatic carbocycles. The molecule has 1 aromatic rings. The van der Waals surface area contributed by atoms with E-state index < -0.39 is 5.60 Å². The molecule has 1 N–H and O–H groups in total. The molecule has 35 heavy (non-hydrogen) atoms. The summed E-state index contributed by atoms with van der Waals surface area (Å²) in [5.74, 6) is 1.71. The summed E-state index contributed by atoms with van der Waals surface area (Å²) < 4.78 is 12.0. The Hall–Kier alpha value is -1.92. The van der Waals surface area contributed by atoms with Gasteiger partial charge in [-0.1, -0.05) is 46.5 Å². The first-order chi connectivity index (χ1) is 16.7. The maximum atomic E-state index is 13.5. The number of carbonyl (C=O) groups is 1. The van der Waals surface area contributed by atoms with E-state index in [0.29, 0.717) is 49.6 Å². The van der Waals surface area contributed by atoms with Crippen LogP contribution in [0.15, 0.2) is 17.1 Å². The van der Waals surface area contributed by atoms with Gasteiger partial charge in [-0.15, -0.1) is 0 Å². The third kappa shape index (κ3) is 5.59. The molecule has 1 fully saturated rings. The molecule has 4 rings (SSSR count). The van der Waals surface area contributed by atoms with Gasteiger partial charge in [-0.2, -0.15) is 0 Å². The number of rotatable bonds is 9. The van der Waals surface area contributed by atoms with Crippen LogP contribution < -0.4 is 4.74 Å². The standard InChI is InChI=1S/C29H44N2O4/c1-6-7-8-9-19(2)20(3)21-16-23(32)27-25(17-21)35-29(4,5)22-10-11-30-28(26(22)27)24(33)18-31-12-14-34-15-13-31/h16-17,19-20,22,26,32H,6-15,18H2,1-5H3. The van der Waals surface area contributed by atoms with Gasteiger partial charge in [-0.3, -0.25) is 14.7 Å². The number of ketones is 1. The van der Waals surface area contributed by atoms with Gasteiger partial charge in [-0.25, -0.2) is 0 Å². The van der Waals surface area contributed by atoms with Crippen LogP contribution >= 0.6 is 0 Å². The number of unbranched alkanes of at least 4 members (excludes halogenated alkanes) is 2. The molecular weight excluding hydrogens is 440 g/mol. The minimum absolute atomic E-state index is 0.0617. The molecule has 6 heteroatoms. The van der Waals surface area contributed by atoms with Crippen molar-refractivity contribution in [1.82, 2.24) is 4.90 Å². The van der Waals surface area contributed by atoms with Gasteiger partial charge in [0.15, 0.2) is 5.78 Å². The van der Waals surface area contributed by atoms with E-state index in [-0.39, 0.29) is 23.4 Å². The van der Waals surface area contributed by atoms with E-state index in [2.05, 4.69) is 45.6 Å². The maximum absolute atomic E-state index is 13.5. The minimum atomic E-state index is -0.445. The summed E-state index contributed by atoms with van der Waals surface area (Å²) in [7, 11) is 0. The lowest BCUT2D eigenvalue weighted by Gasteiger charge is -2.47. The quantitative estimate of drug-likeness (QED) is 0.480. The summed E-state index contributed by atoms with van der Waals surface area (Å²) in [6.45, 7) is 14.8. The second kappa shape index (κ2) is 11.0. The van der Waals surface area contributed by atoms with Crippen LogP contribution in [0.1, 0.15) is 89.7 Å². The molecule has 0 amide bonds. The number of phenols is 1.